The predicted octanol–water partition coefficient (Wildman–Crippen LogP) is 1.87. The number of rotatable bonds is 6. The average molecular weight is 388 g/mol. The number of hydrogen-bond acceptors (Lipinski definition) is 5. The second kappa shape index (κ2) is 7.97. The first-order valence-corrected chi connectivity index (χ1v) is 9.15. The molecule has 0 bridgehead atoms. The zero-order chi connectivity index (χ0) is 20.2. The molecular weight excluding hydrogens is 368 g/mol. The summed E-state index contributed by atoms with van der Waals surface area (Å²) in [5.74, 6) is -0.322. The summed E-state index contributed by atoms with van der Waals surface area (Å²) in [5.41, 5.74) is 4.98. The fourth-order valence-corrected chi connectivity index (χ4v) is 3.09. The standard InChI is InChI=1S/C21H20N6O2/c1-25-20-18(12-23-25)21(29)26(15-22-20)14-19(28)24-27(17-10-6-3-7-11-17)13-16-8-4-2-5-9-16/h2-12,15H,13-14H2,1H3,(H,24,28). The number of carbonyl (C=O) groups excluding carboxylic acids is 1. The van der Waals surface area contributed by atoms with E-state index in [2.05, 4.69) is 15.5 Å². The van der Waals surface area contributed by atoms with Crippen molar-refractivity contribution in [2.45, 2.75) is 13.1 Å². The summed E-state index contributed by atoms with van der Waals surface area (Å²) >= 11 is 0. The normalized spacial score (nSPS) is 10.8. The van der Waals surface area contributed by atoms with Crippen LogP contribution in [0.4, 0.5) is 5.69 Å². The molecule has 4 rings (SSSR count). The Morgan fingerprint density at radius 2 is 1.76 bits per heavy atom. The Kier molecular flexibility index (Phi) is 5.07. The van der Waals surface area contributed by atoms with Crippen molar-refractivity contribution in [1.29, 1.82) is 0 Å². The van der Waals surface area contributed by atoms with Crippen LogP contribution in [0.25, 0.3) is 11.0 Å². The third-order valence-corrected chi connectivity index (χ3v) is 4.54. The van der Waals surface area contributed by atoms with Crippen molar-refractivity contribution in [2.75, 3.05) is 5.01 Å². The van der Waals surface area contributed by atoms with Crippen LogP contribution in [-0.4, -0.2) is 25.2 Å². The number of amides is 1. The maximum absolute atomic E-state index is 12.7. The first-order chi connectivity index (χ1) is 14.1. The topological polar surface area (TPSA) is 85.0 Å². The Bertz CT molecular complexity index is 1180. The molecule has 0 radical (unpaired) electrons. The highest BCUT2D eigenvalue weighted by Gasteiger charge is 2.14. The fourth-order valence-electron chi connectivity index (χ4n) is 3.09. The number of hydrogen-bond donors (Lipinski definition) is 1. The molecular formula is C21H20N6O2. The lowest BCUT2D eigenvalue weighted by Gasteiger charge is -2.25. The lowest BCUT2D eigenvalue weighted by Crippen LogP contribution is -2.44. The summed E-state index contributed by atoms with van der Waals surface area (Å²) < 4.78 is 2.81. The van der Waals surface area contributed by atoms with Gasteiger partial charge in [-0.1, -0.05) is 48.5 Å². The van der Waals surface area contributed by atoms with Gasteiger partial charge >= 0.3 is 0 Å². The summed E-state index contributed by atoms with van der Waals surface area (Å²) in [4.78, 5) is 29.5. The Morgan fingerprint density at radius 3 is 2.48 bits per heavy atom. The van der Waals surface area contributed by atoms with E-state index in [1.54, 1.807) is 12.1 Å². The molecule has 0 aliphatic carbocycles. The Balaban J connectivity index is 1.55. The molecule has 0 unspecified atom stereocenters. The highest BCUT2D eigenvalue weighted by molar-refractivity contribution is 5.78. The van der Waals surface area contributed by atoms with E-state index >= 15 is 0 Å². The van der Waals surface area contributed by atoms with E-state index in [9.17, 15) is 9.59 Å². The van der Waals surface area contributed by atoms with E-state index in [-0.39, 0.29) is 18.0 Å². The predicted molar refractivity (Wildman–Crippen MR) is 110 cm³/mol. The van der Waals surface area contributed by atoms with Gasteiger partial charge in [0.2, 0.25) is 0 Å². The van der Waals surface area contributed by atoms with Crippen molar-refractivity contribution in [3.63, 3.8) is 0 Å². The number of aryl methyl sites for hydroxylation is 1. The number of nitrogens with zero attached hydrogens (tertiary/aromatic N) is 5. The van der Waals surface area contributed by atoms with Crippen LogP contribution in [0.3, 0.4) is 0 Å². The molecule has 2 aromatic heterocycles. The summed E-state index contributed by atoms with van der Waals surface area (Å²) in [7, 11) is 1.72. The van der Waals surface area contributed by atoms with Crippen LogP contribution in [-0.2, 0) is 24.9 Å². The SMILES string of the molecule is Cn1ncc2c(=O)n(CC(=O)NN(Cc3ccccc3)c3ccccc3)cnc21. The molecule has 2 aromatic carbocycles. The molecule has 1 N–H and O–H groups in total. The Labute approximate surface area is 167 Å². The van der Waals surface area contributed by atoms with Crippen molar-refractivity contribution in [2.24, 2.45) is 7.05 Å². The summed E-state index contributed by atoms with van der Waals surface area (Å²) in [6.07, 6.45) is 2.83. The minimum atomic E-state index is -0.322. The van der Waals surface area contributed by atoms with E-state index in [0.29, 0.717) is 17.6 Å². The number of fused-ring (bicyclic) bond motifs is 1. The molecule has 0 aliphatic heterocycles. The molecule has 0 saturated carbocycles. The minimum Gasteiger partial charge on any atom is -0.289 e. The molecule has 0 fully saturated rings. The number of benzene rings is 2. The van der Waals surface area contributed by atoms with E-state index in [0.717, 1.165) is 11.3 Å². The lowest BCUT2D eigenvalue weighted by molar-refractivity contribution is -0.121. The molecule has 2 heterocycles. The van der Waals surface area contributed by atoms with Crippen LogP contribution in [0.2, 0.25) is 0 Å². The Morgan fingerprint density at radius 1 is 1.07 bits per heavy atom. The molecule has 4 aromatic rings. The third-order valence-electron chi connectivity index (χ3n) is 4.54. The lowest BCUT2D eigenvalue weighted by atomic mass is 10.2. The van der Waals surface area contributed by atoms with Gasteiger partial charge in [0.05, 0.1) is 18.4 Å². The van der Waals surface area contributed by atoms with Gasteiger partial charge < -0.3 is 0 Å². The second-order valence-electron chi connectivity index (χ2n) is 6.63. The van der Waals surface area contributed by atoms with Crippen LogP contribution >= 0.6 is 0 Å². The molecule has 0 aliphatic rings. The first kappa shape index (κ1) is 18.4. The highest BCUT2D eigenvalue weighted by atomic mass is 16.2. The van der Waals surface area contributed by atoms with Gasteiger partial charge in [0.25, 0.3) is 11.5 Å². The van der Waals surface area contributed by atoms with Crippen LogP contribution in [0.15, 0.2) is 78.0 Å². The van der Waals surface area contributed by atoms with Crippen LogP contribution < -0.4 is 16.0 Å². The van der Waals surface area contributed by atoms with Gasteiger partial charge in [-0.05, 0) is 17.7 Å². The van der Waals surface area contributed by atoms with Crippen molar-refractivity contribution in [1.82, 2.24) is 24.8 Å². The smallest absolute Gasteiger partial charge is 0.264 e. The minimum absolute atomic E-state index is 0.144. The molecule has 0 atom stereocenters. The monoisotopic (exact) mass is 388 g/mol. The van der Waals surface area contributed by atoms with E-state index in [4.69, 9.17) is 0 Å². The molecule has 8 nitrogen and oxygen atoms in total. The van der Waals surface area contributed by atoms with Gasteiger partial charge in [-0.25, -0.2) is 4.98 Å². The van der Waals surface area contributed by atoms with Crippen LogP contribution in [0, 0.1) is 0 Å². The largest absolute Gasteiger partial charge is 0.289 e. The van der Waals surface area contributed by atoms with Crippen molar-refractivity contribution in [3.05, 3.63) is 89.1 Å². The summed E-state index contributed by atoms with van der Waals surface area (Å²) in [5, 5.41) is 6.19. The zero-order valence-corrected chi connectivity index (χ0v) is 15.9. The second-order valence-corrected chi connectivity index (χ2v) is 6.63. The average Bonchev–Trinajstić information content (AvgIpc) is 3.12. The first-order valence-electron chi connectivity index (χ1n) is 9.15. The van der Waals surface area contributed by atoms with Gasteiger partial charge in [-0.3, -0.25) is 29.3 Å². The molecule has 29 heavy (non-hydrogen) atoms. The van der Waals surface area contributed by atoms with Crippen LogP contribution in [0.5, 0.6) is 0 Å². The molecule has 0 spiro atoms. The third kappa shape index (κ3) is 4.01. The maximum atomic E-state index is 12.7. The van der Waals surface area contributed by atoms with Gasteiger partial charge in [0.1, 0.15) is 18.3 Å². The number of carbonyl (C=O) groups is 1. The molecule has 146 valence electrons. The fraction of sp³-hybridized carbons (Fsp3) is 0.143. The van der Waals surface area contributed by atoms with Gasteiger partial charge in [-0.15, -0.1) is 0 Å². The summed E-state index contributed by atoms with van der Waals surface area (Å²) in [6, 6.07) is 19.4. The number of nitrogens with one attached hydrogen (secondary N) is 1. The zero-order valence-electron chi connectivity index (χ0n) is 15.9. The number of hydrazine groups is 1. The molecule has 0 saturated heterocycles. The molecule has 1 amide bonds. The van der Waals surface area contributed by atoms with Crippen molar-refractivity contribution >= 4 is 22.6 Å². The van der Waals surface area contributed by atoms with E-state index in [1.807, 2.05) is 60.7 Å². The van der Waals surface area contributed by atoms with E-state index < -0.39 is 0 Å². The van der Waals surface area contributed by atoms with Crippen LogP contribution in [0.1, 0.15) is 5.56 Å². The highest BCUT2D eigenvalue weighted by Crippen LogP contribution is 2.14. The molecule has 8 heteroatoms. The van der Waals surface area contributed by atoms with Gasteiger partial charge in [0, 0.05) is 7.05 Å². The maximum Gasteiger partial charge on any atom is 0.264 e. The number of para-hydroxylation sites is 1. The number of anilines is 1. The van der Waals surface area contributed by atoms with Gasteiger partial charge in [0.15, 0.2) is 5.65 Å². The van der Waals surface area contributed by atoms with Crippen molar-refractivity contribution in [3.8, 4) is 0 Å². The number of aromatic nitrogens is 4. The Hall–Kier alpha value is -3.94. The van der Waals surface area contributed by atoms with Gasteiger partial charge in [-0.2, -0.15) is 5.10 Å². The van der Waals surface area contributed by atoms with Crippen molar-refractivity contribution < 1.29 is 4.79 Å². The quantitative estimate of drug-likeness (QED) is 0.510. The summed E-state index contributed by atoms with van der Waals surface area (Å²) in [6.45, 7) is 0.347. The van der Waals surface area contributed by atoms with E-state index in [1.165, 1.54) is 21.8 Å².